The average Bonchev–Trinajstić information content (AvgIpc) is 2.46. The number of hydrogen-bond donors (Lipinski definition) is 1. The van der Waals surface area contributed by atoms with Crippen molar-refractivity contribution < 1.29 is 16.8 Å². The summed E-state index contributed by atoms with van der Waals surface area (Å²) in [5.41, 5.74) is -0.757. The third-order valence-electron chi connectivity index (χ3n) is 3.79. The molecule has 0 aromatic heterocycles. The number of piperidine rings is 1. The molecule has 1 N–H and O–H groups in total. The number of likely N-dealkylation sites (tertiary alicyclic amines) is 1. The summed E-state index contributed by atoms with van der Waals surface area (Å²) in [4.78, 5) is 15.0. The SMILES string of the molecule is [2H]C([2H])([2H])C([2H])([2H])C(=O)C1(c2cccc(O)c2)CCN(C)CC1. The third kappa shape index (κ3) is 2.27. The number of nitrogens with zero attached hydrogens (tertiary/aromatic N) is 1. The van der Waals surface area contributed by atoms with Gasteiger partial charge in [0.05, 0.1) is 5.41 Å². The van der Waals surface area contributed by atoms with Crippen LogP contribution in [0.4, 0.5) is 0 Å². The quantitative estimate of drug-likeness (QED) is 0.897. The number of phenolic OH excluding ortho intramolecular Hbond substituents is 1. The number of carbonyl (C=O) groups excluding carboxylic acids is 1. The van der Waals surface area contributed by atoms with Crippen LogP contribution < -0.4 is 0 Å². The maximum atomic E-state index is 13.0. The Bertz CT molecular complexity index is 592. The summed E-state index contributed by atoms with van der Waals surface area (Å²) in [5, 5.41) is 9.73. The van der Waals surface area contributed by atoms with E-state index in [2.05, 4.69) is 0 Å². The van der Waals surface area contributed by atoms with Gasteiger partial charge in [0.2, 0.25) is 0 Å². The van der Waals surface area contributed by atoms with E-state index in [9.17, 15) is 9.90 Å². The van der Waals surface area contributed by atoms with Crippen molar-refractivity contribution in [3.63, 3.8) is 0 Å². The fourth-order valence-electron chi connectivity index (χ4n) is 2.57. The van der Waals surface area contributed by atoms with E-state index < -0.39 is 24.4 Å². The zero-order valence-corrected chi connectivity index (χ0v) is 10.4. The van der Waals surface area contributed by atoms with Gasteiger partial charge in [-0.25, -0.2) is 0 Å². The Kier molecular flexibility index (Phi) is 2.25. The summed E-state index contributed by atoms with van der Waals surface area (Å²) < 4.78 is 37.9. The lowest BCUT2D eigenvalue weighted by atomic mass is 9.69. The molecule has 18 heavy (non-hydrogen) atoms. The Hall–Kier alpha value is -1.35. The van der Waals surface area contributed by atoms with Crippen LogP contribution in [-0.4, -0.2) is 35.9 Å². The maximum Gasteiger partial charge on any atom is 0.143 e. The van der Waals surface area contributed by atoms with Gasteiger partial charge in [0.15, 0.2) is 0 Å². The van der Waals surface area contributed by atoms with Gasteiger partial charge < -0.3 is 10.0 Å². The molecule has 0 bridgehead atoms. The van der Waals surface area contributed by atoms with E-state index in [1.807, 2.05) is 11.9 Å². The lowest BCUT2D eigenvalue weighted by molar-refractivity contribution is -0.126. The first-order valence-corrected chi connectivity index (χ1v) is 6.04. The zero-order chi connectivity index (χ0) is 17.5. The summed E-state index contributed by atoms with van der Waals surface area (Å²) in [6.45, 7) is -1.92. The molecule has 3 nitrogen and oxygen atoms in total. The van der Waals surface area contributed by atoms with Crippen LogP contribution in [0.25, 0.3) is 0 Å². The predicted octanol–water partition coefficient (Wildman–Crippen LogP) is 2.33. The fourth-order valence-corrected chi connectivity index (χ4v) is 2.57. The van der Waals surface area contributed by atoms with Gasteiger partial charge in [0.1, 0.15) is 11.5 Å². The van der Waals surface area contributed by atoms with Gasteiger partial charge in [-0.2, -0.15) is 0 Å². The number of benzene rings is 1. The van der Waals surface area contributed by atoms with Gasteiger partial charge in [-0.3, -0.25) is 4.79 Å². The van der Waals surface area contributed by atoms with Crippen LogP contribution in [0.15, 0.2) is 24.3 Å². The molecule has 98 valence electrons. The summed E-state index contributed by atoms with van der Waals surface area (Å²) in [7, 11) is 1.90. The lowest BCUT2D eigenvalue weighted by Gasteiger charge is -2.40. The van der Waals surface area contributed by atoms with E-state index in [4.69, 9.17) is 6.85 Å². The molecule has 1 saturated heterocycles. The molecule has 3 heteroatoms. The third-order valence-corrected chi connectivity index (χ3v) is 3.79. The molecule has 1 aliphatic rings. The van der Waals surface area contributed by atoms with Gasteiger partial charge in [0, 0.05) is 13.2 Å². The number of carbonyl (C=O) groups is 1. The van der Waals surface area contributed by atoms with Crippen LogP contribution in [0.1, 0.15) is 38.5 Å². The normalized spacial score (nSPS) is 25.3. The summed E-state index contributed by atoms with van der Waals surface area (Å²) in [6, 6.07) is 6.13. The van der Waals surface area contributed by atoms with Crippen molar-refractivity contribution in [3.05, 3.63) is 29.8 Å². The fraction of sp³-hybridized carbons (Fsp3) is 0.533. The first-order valence-electron chi connectivity index (χ1n) is 8.54. The first kappa shape index (κ1) is 7.95. The molecule has 1 aromatic carbocycles. The molecule has 1 aliphatic heterocycles. The largest absolute Gasteiger partial charge is 0.508 e. The van der Waals surface area contributed by atoms with E-state index in [1.165, 1.54) is 12.1 Å². The lowest BCUT2D eigenvalue weighted by Crippen LogP contribution is -2.45. The van der Waals surface area contributed by atoms with Crippen molar-refractivity contribution in [3.8, 4) is 5.75 Å². The Morgan fingerprint density at radius 3 is 2.89 bits per heavy atom. The molecule has 2 rings (SSSR count). The van der Waals surface area contributed by atoms with Crippen molar-refractivity contribution in [1.82, 2.24) is 4.90 Å². The van der Waals surface area contributed by atoms with Crippen molar-refractivity contribution in [2.75, 3.05) is 20.1 Å². The van der Waals surface area contributed by atoms with Gasteiger partial charge >= 0.3 is 0 Å². The van der Waals surface area contributed by atoms with Gasteiger partial charge in [0.25, 0.3) is 0 Å². The number of aromatic hydroxyl groups is 1. The highest BCUT2D eigenvalue weighted by molar-refractivity contribution is 5.90. The molecule has 0 atom stereocenters. The van der Waals surface area contributed by atoms with E-state index in [0.29, 0.717) is 31.5 Å². The van der Waals surface area contributed by atoms with Gasteiger partial charge in [-0.05, 0) is 50.7 Å². The van der Waals surface area contributed by atoms with Crippen molar-refractivity contribution in [2.45, 2.75) is 31.5 Å². The predicted molar refractivity (Wildman–Crippen MR) is 71.8 cm³/mol. The molecule has 1 fully saturated rings. The standard InChI is InChI=1S/C15H21NO2/c1-3-14(18)15(7-9-16(2)10-8-15)12-5-4-6-13(17)11-12/h4-6,11,17H,3,7-10H2,1-2H3/i1D3,3D2. The molecule has 0 unspecified atom stereocenters. The second-order valence-corrected chi connectivity index (χ2v) is 4.89. The Labute approximate surface area is 115 Å². The molecule has 1 heterocycles. The van der Waals surface area contributed by atoms with E-state index >= 15 is 0 Å². The molecule has 1 aromatic rings. The molecule has 0 spiro atoms. The second kappa shape index (κ2) is 5.11. The van der Waals surface area contributed by atoms with Gasteiger partial charge in [-0.1, -0.05) is 19.0 Å². The van der Waals surface area contributed by atoms with Crippen LogP contribution in [-0.2, 0) is 10.2 Å². The van der Waals surface area contributed by atoms with Gasteiger partial charge in [-0.15, -0.1) is 0 Å². The van der Waals surface area contributed by atoms with Crippen molar-refractivity contribution in [2.24, 2.45) is 0 Å². The number of phenols is 1. The minimum absolute atomic E-state index is 0.0250. The topological polar surface area (TPSA) is 40.5 Å². The van der Waals surface area contributed by atoms with Crippen LogP contribution >= 0.6 is 0 Å². The van der Waals surface area contributed by atoms with Crippen LogP contribution in [0, 0.1) is 0 Å². The summed E-state index contributed by atoms with van der Waals surface area (Å²) in [5.74, 6) is -0.952. The molecular formula is C15H21NO2. The molecular weight excluding hydrogens is 226 g/mol. The number of rotatable bonds is 3. The molecule has 0 aliphatic carbocycles. The summed E-state index contributed by atoms with van der Waals surface area (Å²) in [6.07, 6.45) is -2.29. The van der Waals surface area contributed by atoms with Crippen LogP contribution in [0.5, 0.6) is 5.75 Å². The highest BCUT2D eigenvalue weighted by Crippen LogP contribution is 2.38. The highest BCUT2D eigenvalue weighted by atomic mass is 16.3. The Balaban J connectivity index is 2.53. The Morgan fingerprint density at radius 1 is 1.56 bits per heavy atom. The van der Waals surface area contributed by atoms with E-state index in [-0.39, 0.29) is 5.75 Å². The minimum atomic E-state index is -3.03. The van der Waals surface area contributed by atoms with Crippen molar-refractivity contribution in [1.29, 1.82) is 0 Å². The average molecular weight is 252 g/mol. The zero-order valence-electron chi connectivity index (χ0n) is 15.4. The number of hydrogen-bond acceptors (Lipinski definition) is 3. The molecule has 0 radical (unpaired) electrons. The summed E-state index contributed by atoms with van der Waals surface area (Å²) >= 11 is 0. The monoisotopic (exact) mass is 252 g/mol. The maximum absolute atomic E-state index is 13.0. The minimum Gasteiger partial charge on any atom is -0.508 e. The molecule has 0 saturated carbocycles. The van der Waals surface area contributed by atoms with E-state index in [0.717, 1.165) is 0 Å². The van der Waals surface area contributed by atoms with Crippen LogP contribution in [0.2, 0.25) is 0 Å². The molecule has 0 amide bonds. The first-order chi connectivity index (χ1) is 10.5. The number of Topliss-reactive ketones (excluding diaryl/α,β-unsaturated/α-hetero) is 1. The number of ketones is 1. The van der Waals surface area contributed by atoms with E-state index in [1.54, 1.807) is 12.1 Å². The Morgan fingerprint density at radius 2 is 2.28 bits per heavy atom. The van der Waals surface area contributed by atoms with Crippen molar-refractivity contribution >= 4 is 5.78 Å². The second-order valence-electron chi connectivity index (χ2n) is 4.89. The van der Waals surface area contributed by atoms with Crippen LogP contribution in [0.3, 0.4) is 0 Å². The highest BCUT2D eigenvalue weighted by Gasteiger charge is 2.40. The smallest absolute Gasteiger partial charge is 0.143 e.